The normalized spacial score (nSPS) is 19.6. The first-order chi connectivity index (χ1) is 8.56. The zero-order chi connectivity index (χ0) is 13.1. The molecule has 1 aromatic rings. The highest BCUT2D eigenvalue weighted by molar-refractivity contribution is 9.11. The molecule has 2 rings (SSSR count). The summed E-state index contributed by atoms with van der Waals surface area (Å²) >= 11 is 4.91. The van der Waals surface area contributed by atoms with Crippen LogP contribution < -0.4 is 0 Å². The van der Waals surface area contributed by atoms with Crippen molar-refractivity contribution in [1.82, 2.24) is 4.90 Å². The minimum absolute atomic E-state index is 0.124. The van der Waals surface area contributed by atoms with E-state index in [4.69, 9.17) is 5.11 Å². The van der Waals surface area contributed by atoms with E-state index in [0.29, 0.717) is 19.5 Å². The Bertz CT molecular complexity index is 497. The molecule has 1 atom stereocenters. The molecule has 1 aliphatic heterocycles. The lowest BCUT2D eigenvalue weighted by atomic mass is 10.1. The molecule has 1 aliphatic rings. The lowest BCUT2D eigenvalue weighted by Gasteiger charge is -2.12. The van der Waals surface area contributed by atoms with Crippen LogP contribution in [0.1, 0.15) is 12.0 Å². The molecule has 1 unspecified atom stereocenters. The second-order valence-electron chi connectivity index (χ2n) is 4.13. The van der Waals surface area contributed by atoms with Crippen LogP contribution in [-0.4, -0.2) is 35.0 Å². The predicted octanol–water partition coefficient (Wildman–Crippen LogP) is 2.46. The number of hydrogen-bond donors (Lipinski definition) is 1. The SMILES string of the molecule is O=C(O)C1CCN(C(=O)/C=C/c2csc(Br)c2)C1. The summed E-state index contributed by atoms with van der Waals surface area (Å²) in [5.74, 6) is -1.37. The number of aliphatic carboxylic acids is 1. The zero-order valence-electron chi connectivity index (χ0n) is 9.51. The van der Waals surface area contributed by atoms with Crippen molar-refractivity contribution >= 4 is 45.2 Å². The molecule has 0 aromatic carbocycles. The molecule has 0 bridgehead atoms. The molecule has 1 N–H and O–H groups in total. The fourth-order valence-electron chi connectivity index (χ4n) is 1.85. The Kier molecular flexibility index (Phi) is 4.19. The smallest absolute Gasteiger partial charge is 0.308 e. The molecule has 1 aromatic heterocycles. The highest BCUT2D eigenvalue weighted by Gasteiger charge is 2.29. The van der Waals surface area contributed by atoms with Crippen molar-refractivity contribution in [3.05, 3.63) is 26.9 Å². The van der Waals surface area contributed by atoms with E-state index in [-0.39, 0.29) is 5.91 Å². The second kappa shape index (κ2) is 5.67. The Morgan fingerprint density at radius 3 is 2.89 bits per heavy atom. The molecular formula is C12H12BrNO3S. The Morgan fingerprint density at radius 1 is 1.56 bits per heavy atom. The maximum Gasteiger partial charge on any atom is 0.308 e. The highest BCUT2D eigenvalue weighted by atomic mass is 79.9. The van der Waals surface area contributed by atoms with Gasteiger partial charge in [-0.1, -0.05) is 0 Å². The third-order valence-electron chi connectivity index (χ3n) is 2.86. The van der Waals surface area contributed by atoms with Gasteiger partial charge in [0.25, 0.3) is 0 Å². The highest BCUT2D eigenvalue weighted by Crippen LogP contribution is 2.22. The summed E-state index contributed by atoms with van der Waals surface area (Å²) in [6.45, 7) is 0.833. The summed E-state index contributed by atoms with van der Waals surface area (Å²) in [6.07, 6.45) is 3.79. The van der Waals surface area contributed by atoms with Gasteiger partial charge in [0.1, 0.15) is 0 Å². The Hall–Kier alpha value is -1.14. The van der Waals surface area contributed by atoms with E-state index in [1.54, 1.807) is 22.3 Å². The third kappa shape index (κ3) is 3.20. The maximum absolute atomic E-state index is 11.8. The van der Waals surface area contributed by atoms with Gasteiger partial charge in [0.15, 0.2) is 0 Å². The standard InChI is InChI=1S/C12H12BrNO3S/c13-10-5-8(7-18-10)1-2-11(15)14-4-3-9(6-14)12(16)17/h1-2,5,7,9H,3-4,6H2,(H,16,17)/b2-1+. The molecule has 96 valence electrons. The Balaban J connectivity index is 1.93. The van der Waals surface area contributed by atoms with E-state index in [1.165, 1.54) is 6.08 Å². The molecule has 0 radical (unpaired) electrons. The van der Waals surface area contributed by atoms with E-state index in [0.717, 1.165) is 9.35 Å². The van der Waals surface area contributed by atoms with E-state index in [1.807, 2.05) is 11.4 Å². The first kappa shape index (κ1) is 13.3. The van der Waals surface area contributed by atoms with Crippen molar-refractivity contribution in [1.29, 1.82) is 0 Å². The van der Waals surface area contributed by atoms with Crippen molar-refractivity contribution in [2.24, 2.45) is 5.92 Å². The first-order valence-electron chi connectivity index (χ1n) is 5.50. The molecule has 1 saturated heterocycles. The topological polar surface area (TPSA) is 57.6 Å². The summed E-state index contributed by atoms with van der Waals surface area (Å²) < 4.78 is 1.02. The van der Waals surface area contributed by atoms with Crippen LogP contribution in [-0.2, 0) is 9.59 Å². The monoisotopic (exact) mass is 329 g/mol. The number of likely N-dealkylation sites (tertiary alicyclic amines) is 1. The number of carbonyl (C=O) groups excluding carboxylic acids is 1. The van der Waals surface area contributed by atoms with Crippen LogP contribution in [0, 0.1) is 5.92 Å². The number of amides is 1. The number of carbonyl (C=O) groups is 2. The molecular weight excluding hydrogens is 318 g/mol. The van der Waals surface area contributed by atoms with Crippen molar-refractivity contribution < 1.29 is 14.7 Å². The maximum atomic E-state index is 11.8. The number of carboxylic acid groups (broad SMARTS) is 1. The van der Waals surface area contributed by atoms with Gasteiger partial charge in [-0.3, -0.25) is 9.59 Å². The van der Waals surface area contributed by atoms with Crippen LogP contribution in [0.15, 0.2) is 21.3 Å². The predicted molar refractivity (Wildman–Crippen MR) is 73.4 cm³/mol. The Morgan fingerprint density at radius 2 is 2.33 bits per heavy atom. The van der Waals surface area contributed by atoms with Gasteiger partial charge in [-0.15, -0.1) is 11.3 Å². The fourth-order valence-corrected chi connectivity index (χ4v) is 2.99. The number of rotatable bonds is 3. The number of thiophene rings is 1. The average molecular weight is 330 g/mol. The lowest BCUT2D eigenvalue weighted by Crippen LogP contribution is -2.28. The Labute approximate surface area is 117 Å². The van der Waals surface area contributed by atoms with Crippen molar-refractivity contribution in [2.45, 2.75) is 6.42 Å². The first-order valence-corrected chi connectivity index (χ1v) is 7.17. The molecule has 6 heteroatoms. The minimum atomic E-state index is -0.823. The van der Waals surface area contributed by atoms with E-state index >= 15 is 0 Å². The van der Waals surface area contributed by atoms with Gasteiger partial charge in [0, 0.05) is 19.2 Å². The molecule has 0 saturated carbocycles. The largest absolute Gasteiger partial charge is 0.481 e. The quantitative estimate of drug-likeness (QED) is 0.866. The number of halogens is 1. The van der Waals surface area contributed by atoms with Gasteiger partial charge in [-0.2, -0.15) is 0 Å². The van der Waals surface area contributed by atoms with Crippen LogP contribution in [0.25, 0.3) is 6.08 Å². The van der Waals surface area contributed by atoms with Gasteiger partial charge in [-0.25, -0.2) is 0 Å². The van der Waals surface area contributed by atoms with Crippen LogP contribution >= 0.6 is 27.3 Å². The third-order valence-corrected chi connectivity index (χ3v) is 4.38. The average Bonchev–Trinajstić information content (AvgIpc) is 2.94. The zero-order valence-corrected chi connectivity index (χ0v) is 11.9. The van der Waals surface area contributed by atoms with Gasteiger partial charge in [0.05, 0.1) is 9.70 Å². The fraction of sp³-hybridized carbons (Fsp3) is 0.333. The van der Waals surface area contributed by atoms with Gasteiger partial charge < -0.3 is 10.0 Å². The minimum Gasteiger partial charge on any atom is -0.481 e. The molecule has 1 amide bonds. The van der Waals surface area contributed by atoms with E-state index in [2.05, 4.69) is 15.9 Å². The summed E-state index contributed by atoms with van der Waals surface area (Å²) in [5.41, 5.74) is 0.967. The molecule has 0 aliphatic carbocycles. The lowest BCUT2D eigenvalue weighted by molar-refractivity contribution is -0.141. The van der Waals surface area contributed by atoms with Crippen molar-refractivity contribution in [3.63, 3.8) is 0 Å². The number of nitrogens with zero attached hydrogens (tertiary/aromatic N) is 1. The van der Waals surface area contributed by atoms with Crippen molar-refractivity contribution in [2.75, 3.05) is 13.1 Å². The molecule has 2 heterocycles. The number of carboxylic acids is 1. The summed E-state index contributed by atoms with van der Waals surface area (Å²) in [6, 6.07) is 1.93. The second-order valence-corrected chi connectivity index (χ2v) is 6.42. The van der Waals surface area contributed by atoms with Gasteiger partial charge in [-0.05, 0) is 45.4 Å². The van der Waals surface area contributed by atoms with Crippen LogP contribution in [0.2, 0.25) is 0 Å². The van der Waals surface area contributed by atoms with Crippen LogP contribution in [0.5, 0.6) is 0 Å². The molecule has 1 fully saturated rings. The van der Waals surface area contributed by atoms with E-state index < -0.39 is 11.9 Å². The summed E-state index contributed by atoms with van der Waals surface area (Å²) in [4.78, 5) is 24.2. The van der Waals surface area contributed by atoms with E-state index in [9.17, 15) is 9.59 Å². The summed E-state index contributed by atoms with van der Waals surface area (Å²) in [7, 11) is 0. The molecule has 18 heavy (non-hydrogen) atoms. The molecule has 0 spiro atoms. The molecule has 4 nitrogen and oxygen atoms in total. The number of hydrogen-bond acceptors (Lipinski definition) is 3. The van der Waals surface area contributed by atoms with Crippen LogP contribution in [0.4, 0.5) is 0 Å². The van der Waals surface area contributed by atoms with Gasteiger partial charge >= 0.3 is 5.97 Å². The van der Waals surface area contributed by atoms with Crippen LogP contribution in [0.3, 0.4) is 0 Å². The summed E-state index contributed by atoms with van der Waals surface area (Å²) in [5, 5.41) is 10.8. The van der Waals surface area contributed by atoms with Gasteiger partial charge in [0.2, 0.25) is 5.91 Å². The van der Waals surface area contributed by atoms with Crippen molar-refractivity contribution in [3.8, 4) is 0 Å².